The minimum Gasteiger partial charge on any atom is -0.460 e. The summed E-state index contributed by atoms with van der Waals surface area (Å²) >= 11 is 0. The second-order valence-electron chi connectivity index (χ2n) is 11.5. The van der Waals surface area contributed by atoms with E-state index in [1.807, 2.05) is 13.8 Å². The van der Waals surface area contributed by atoms with Crippen molar-refractivity contribution in [3.8, 4) is 0 Å². The molecule has 2 N–H and O–H groups in total. The first kappa shape index (κ1) is 43.7. The van der Waals surface area contributed by atoms with E-state index in [0.717, 1.165) is 116 Å². The number of hydrogen-bond acceptors (Lipinski definition) is 9. The predicted octanol–water partition coefficient (Wildman–Crippen LogP) is 9.27. The number of rotatable bonds is 32. The molecule has 2 unspecified atom stereocenters. The molecular formula is C32H60O11P2. The van der Waals surface area contributed by atoms with E-state index in [2.05, 4.69) is 17.5 Å². The normalized spacial score (nSPS) is 14.3. The number of carbonyl (C=O) groups excluding carboxylic acids is 2. The minimum atomic E-state index is -5.04. The van der Waals surface area contributed by atoms with Gasteiger partial charge in [-0.2, -0.15) is 4.31 Å². The van der Waals surface area contributed by atoms with Crippen LogP contribution in [0.25, 0.3) is 0 Å². The molecule has 0 radical (unpaired) electrons. The molecule has 0 aromatic carbocycles. The second-order valence-corrected chi connectivity index (χ2v) is 14.6. The van der Waals surface area contributed by atoms with Gasteiger partial charge in [-0.1, -0.05) is 103 Å². The van der Waals surface area contributed by atoms with Gasteiger partial charge in [-0.15, -0.1) is 0 Å². The van der Waals surface area contributed by atoms with Crippen molar-refractivity contribution >= 4 is 27.6 Å². The first-order valence-electron chi connectivity index (χ1n) is 16.7. The number of ether oxygens (including phenoxy) is 2. The number of esters is 2. The van der Waals surface area contributed by atoms with E-state index in [0.29, 0.717) is 12.8 Å². The van der Waals surface area contributed by atoms with Gasteiger partial charge in [-0.3, -0.25) is 9.05 Å². The van der Waals surface area contributed by atoms with Crippen molar-refractivity contribution in [2.45, 2.75) is 154 Å². The van der Waals surface area contributed by atoms with Crippen molar-refractivity contribution in [3.05, 3.63) is 25.3 Å². The Kier molecular flexibility index (Phi) is 26.9. The molecule has 11 nitrogen and oxygen atoms in total. The Morgan fingerprint density at radius 1 is 0.578 bits per heavy atom. The maximum absolute atomic E-state index is 12.8. The first-order chi connectivity index (χ1) is 21.4. The zero-order valence-electron chi connectivity index (χ0n) is 27.7. The van der Waals surface area contributed by atoms with E-state index in [4.69, 9.17) is 28.3 Å². The van der Waals surface area contributed by atoms with Crippen LogP contribution in [0.3, 0.4) is 0 Å². The maximum Gasteiger partial charge on any atom is 0.483 e. The molecule has 0 aromatic heterocycles. The van der Waals surface area contributed by atoms with E-state index in [-0.39, 0.29) is 37.4 Å². The van der Waals surface area contributed by atoms with Crippen molar-refractivity contribution in [2.24, 2.45) is 0 Å². The molecule has 2 atom stereocenters. The lowest BCUT2D eigenvalue weighted by atomic mass is 10.1. The van der Waals surface area contributed by atoms with E-state index in [1.165, 1.54) is 12.2 Å². The third kappa shape index (κ3) is 29.8. The number of phosphoric ester groups is 1. The summed E-state index contributed by atoms with van der Waals surface area (Å²) in [5.41, 5.74) is 0. The Morgan fingerprint density at radius 3 is 1.16 bits per heavy atom. The molecule has 0 fully saturated rings. The van der Waals surface area contributed by atoms with Crippen LogP contribution in [-0.2, 0) is 41.6 Å². The van der Waals surface area contributed by atoms with Crippen LogP contribution in [0, 0.1) is 0 Å². The van der Waals surface area contributed by atoms with E-state index in [1.54, 1.807) is 0 Å². The van der Waals surface area contributed by atoms with E-state index >= 15 is 0 Å². The van der Waals surface area contributed by atoms with Crippen molar-refractivity contribution in [1.29, 1.82) is 0 Å². The highest BCUT2D eigenvalue weighted by Crippen LogP contribution is 2.61. The fraction of sp³-hybridized carbons (Fsp3) is 0.812. The van der Waals surface area contributed by atoms with Gasteiger partial charge in [-0.05, 0) is 52.4 Å². The lowest BCUT2D eigenvalue weighted by Crippen LogP contribution is -2.12. The Balaban J connectivity index is 3.86. The SMILES string of the molecule is C=CC(=O)OC(C)CCCCCCCCCCCOP(=O)(OCCCCCCCCCCCC(C)OC(=O)C=C)OP(=O)(O)O. The third-order valence-electron chi connectivity index (χ3n) is 7.18. The average molecular weight is 683 g/mol. The average Bonchev–Trinajstić information content (AvgIpc) is 2.97. The number of hydrogen-bond donors (Lipinski definition) is 2. The molecule has 45 heavy (non-hydrogen) atoms. The van der Waals surface area contributed by atoms with Gasteiger partial charge in [0.05, 0.1) is 25.4 Å². The molecular weight excluding hydrogens is 622 g/mol. The smallest absolute Gasteiger partial charge is 0.460 e. The highest BCUT2D eigenvalue weighted by molar-refractivity contribution is 7.61. The summed E-state index contributed by atoms with van der Waals surface area (Å²) in [7, 11) is -9.40. The summed E-state index contributed by atoms with van der Waals surface area (Å²) in [6.07, 6.45) is 21.8. The summed E-state index contributed by atoms with van der Waals surface area (Å²) in [5, 5.41) is 0. The van der Waals surface area contributed by atoms with Gasteiger partial charge in [0.2, 0.25) is 0 Å². The number of carbonyl (C=O) groups is 2. The third-order valence-corrected chi connectivity index (χ3v) is 9.83. The van der Waals surface area contributed by atoms with Gasteiger partial charge in [0.1, 0.15) is 0 Å². The minimum absolute atomic E-state index is 0.0325. The number of unbranched alkanes of at least 4 members (excludes halogenated alkanes) is 16. The van der Waals surface area contributed by atoms with Crippen molar-refractivity contribution in [2.75, 3.05) is 13.2 Å². The summed E-state index contributed by atoms with van der Waals surface area (Å²) < 4.78 is 49.2. The molecule has 0 saturated heterocycles. The van der Waals surface area contributed by atoms with Gasteiger partial charge in [0, 0.05) is 12.2 Å². The summed E-state index contributed by atoms with van der Waals surface area (Å²) in [6.45, 7) is 10.6. The van der Waals surface area contributed by atoms with Crippen LogP contribution in [0.4, 0.5) is 0 Å². The fourth-order valence-electron chi connectivity index (χ4n) is 4.72. The molecule has 0 aliphatic carbocycles. The Hall–Kier alpha value is -1.32. The molecule has 0 amide bonds. The molecule has 0 bridgehead atoms. The highest BCUT2D eigenvalue weighted by atomic mass is 31.3. The fourth-order valence-corrected chi connectivity index (χ4v) is 6.92. The van der Waals surface area contributed by atoms with Gasteiger partial charge in [-0.25, -0.2) is 18.7 Å². The Labute approximate surface area is 271 Å². The van der Waals surface area contributed by atoms with Crippen LogP contribution in [-0.4, -0.2) is 47.1 Å². The molecule has 0 heterocycles. The molecule has 0 aromatic rings. The summed E-state index contributed by atoms with van der Waals surface area (Å²) in [4.78, 5) is 40.6. The monoisotopic (exact) mass is 682 g/mol. The molecule has 0 aliphatic rings. The van der Waals surface area contributed by atoms with Crippen LogP contribution in [0.15, 0.2) is 25.3 Å². The standard InChI is InChI=1S/C32H60O11P2/c1-5-31(33)41-29(3)25-21-17-13-9-7-11-15-19-23-27-39-45(38,43-44(35,36)37)40-28-24-20-16-12-8-10-14-18-22-26-30(4)42-32(34)6-2/h5-6,29-30H,1-2,7-28H2,3-4H3,(H2,35,36,37). The molecule has 13 heteroatoms. The first-order valence-corrected chi connectivity index (χ1v) is 19.7. The van der Waals surface area contributed by atoms with Crippen LogP contribution in [0.1, 0.15) is 142 Å². The van der Waals surface area contributed by atoms with Gasteiger partial charge < -0.3 is 19.3 Å². The molecule has 0 aliphatic heterocycles. The maximum atomic E-state index is 12.8. The van der Waals surface area contributed by atoms with E-state index in [9.17, 15) is 18.7 Å². The summed E-state index contributed by atoms with van der Waals surface area (Å²) in [6, 6.07) is 0. The highest BCUT2D eigenvalue weighted by Gasteiger charge is 2.35. The van der Waals surface area contributed by atoms with Crippen LogP contribution in [0.5, 0.6) is 0 Å². The molecule has 0 saturated carbocycles. The molecule has 264 valence electrons. The van der Waals surface area contributed by atoms with E-state index < -0.39 is 15.6 Å². The topological polar surface area (TPSA) is 155 Å². The molecule has 0 rings (SSSR count). The van der Waals surface area contributed by atoms with Crippen LogP contribution < -0.4 is 0 Å². The predicted molar refractivity (Wildman–Crippen MR) is 176 cm³/mol. The largest absolute Gasteiger partial charge is 0.483 e. The van der Waals surface area contributed by atoms with Crippen molar-refractivity contribution in [3.63, 3.8) is 0 Å². The Bertz CT molecular complexity index is 834. The number of phosphoric acid groups is 2. The lowest BCUT2D eigenvalue weighted by Gasteiger charge is -2.18. The van der Waals surface area contributed by atoms with Gasteiger partial charge >= 0.3 is 27.6 Å². The zero-order valence-corrected chi connectivity index (χ0v) is 29.5. The Morgan fingerprint density at radius 2 is 0.867 bits per heavy atom. The van der Waals surface area contributed by atoms with Crippen LogP contribution >= 0.6 is 15.6 Å². The quantitative estimate of drug-likeness (QED) is 0.0302. The zero-order chi connectivity index (χ0) is 33.8. The lowest BCUT2D eigenvalue weighted by molar-refractivity contribution is -0.143. The summed E-state index contributed by atoms with van der Waals surface area (Å²) in [5.74, 6) is -0.763. The van der Waals surface area contributed by atoms with Crippen molar-refractivity contribution in [1.82, 2.24) is 0 Å². The van der Waals surface area contributed by atoms with Gasteiger partial charge in [0.15, 0.2) is 0 Å². The van der Waals surface area contributed by atoms with Crippen LogP contribution in [0.2, 0.25) is 0 Å². The molecule has 0 spiro atoms. The van der Waals surface area contributed by atoms with Crippen molar-refractivity contribution < 1.29 is 51.3 Å². The second kappa shape index (κ2) is 27.8. The van der Waals surface area contributed by atoms with Gasteiger partial charge in [0.25, 0.3) is 0 Å².